The fraction of sp³-hybridized carbons (Fsp3) is 0.250. The van der Waals surface area contributed by atoms with Gasteiger partial charge in [-0.2, -0.15) is 18.3 Å². The molecule has 35 heavy (non-hydrogen) atoms. The highest BCUT2D eigenvalue weighted by molar-refractivity contribution is 6.06. The molecule has 11 heteroatoms. The second-order valence-corrected chi connectivity index (χ2v) is 8.17. The zero-order valence-corrected chi connectivity index (χ0v) is 18.7. The van der Waals surface area contributed by atoms with Crippen molar-refractivity contribution in [3.63, 3.8) is 0 Å². The lowest BCUT2D eigenvalue weighted by Gasteiger charge is -2.22. The summed E-state index contributed by atoms with van der Waals surface area (Å²) in [4.78, 5) is 39.4. The highest BCUT2D eigenvalue weighted by Crippen LogP contribution is 2.34. The van der Waals surface area contributed by atoms with Crippen LogP contribution < -0.4 is 21.4 Å². The first kappa shape index (κ1) is 24.0. The lowest BCUT2D eigenvalue weighted by Crippen LogP contribution is -2.28. The monoisotopic (exact) mass is 485 g/mol. The van der Waals surface area contributed by atoms with E-state index in [2.05, 4.69) is 10.4 Å². The molecular formula is C24H22F3N5O3. The molecule has 1 saturated heterocycles. The largest absolute Gasteiger partial charge is 0.418 e. The van der Waals surface area contributed by atoms with Gasteiger partial charge in [0.05, 0.1) is 22.6 Å². The highest BCUT2D eigenvalue weighted by Gasteiger charge is 2.34. The number of nitrogens with two attached hydrogens (primary N) is 1. The number of aromatic nitrogens is 2. The molecule has 4 rings (SSSR count). The molecule has 1 fully saturated rings. The zero-order valence-electron chi connectivity index (χ0n) is 18.7. The van der Waals surface area contributed by atoms with Crippen LogP contribution in [0.2, 0.25) is 0 Å². The topological polar surface area (TPSA) is 110 Å². The Morgan fingerprint density at radius 2 is 1.71 bits per heavy atom. The number of aryl methyl sites for hydroxylation is 1. The van der Waals surface area contributed by atoms with Crippen LogP contribution >= 0.6 is 0 Å². The number of halogens is 3. The van der Waals surface area contributed by atoms with Crippen LogP contribution in [0, 0.1) is 6.92 Å². The van der Waals surface area contributed by atoms with Gasteiger partial charge in [0.25, 0.3) is 5.91 Å². The third kappa shape index (κ3) is 4.88. The summed E-state index contributed by atoms with van der Waals surface area (Å²) in [6.07, 6.45) is -2.77. The number of para-hydroxylation sites is 1. The molecule has 1 aliphatic heterocycles. The molecule has 0 bridgehead atoms. The van der Waals surface area contributed by atoms with Crippen molar-refractivity contribution in [2.24, 2.45) is 5.73 Å². The minimum Gasteiger partial charge on any atom is -0.370 e. The minimum atomic E-state index is -4.67. The molecule has 8 nitrogen and oxygen atoms in total. The number of benzene rings is 2. The van der Waals surface area contributed by atoms with Crippen LogP contribution in [-0.2, 0) is 6.18 Å². The number of hydrogen-bond donors (Lipinski definition) is 2. The summed E-state index contributed by atoms with van der Waals surface area (Å²) >= 11 is 0. The van der Waals surface area contributed by atoms with E-state index in [0.717, 1.165) is 42.7 Å². The number of rotatable bonds is 5. The van der Waals surface area contributed by atoms with Gasteiger partial charge in [-0.1, -0.05) is 12.1 Å². The quantitative estimate of drug-likeness (QED) is 0.575. The summed E-state index contributed by atoms with van der Waals surface area (Å²) < 4.78 is 41.6. The summed E-state index contributed by atoms with van der Waals surface area (Å²) in [6.45, 7) is 2.90. The van der Waals surface area contributed by atoms with Gasteiger partial charge in [-0.05, 0) is 50.1 Å². The van der Waals surface area contributed by atoms with E-state index in [4.69, 9.17) is 5.73 Å². The first-order chi connectivity index (χ1) is 16.6. The summed E-state index contributed by atoms with van der Waals surface area (Å²) in [5.41, 5.74) is 3.90. The second-order valence-electron chi connectivity index (χ2n) is 8.17. The van der Waals surface area contributed by atoms with Gasteiger partial charge in [-0.15, -0.1) is 0 Å². The van der Waals surface area contributed by atoms with E-state index in [1.54, 1.807) is 6.07 Å². The minimum absolute atomic E-state index is 0.122. The molecule has 1 aliphatic rings. The van der Waals surface area contributed by atoms with Crippen LogP contribution in [-0.4, -0.2) is 34.7 Å². The molecule has 182 valence electrons. The molecule has 2 amide bonds. The van der Waals surface area contributed by atoms with Crippen LogP contribution in [0.1, 0.15) is 44.9 Å². The van der Waals surface area contributed by atoms with Crippen molar-refractivity contribution in [3.8, 4) is 5.69 Å². The predicted octanol–water partition coefficient (Wildman–Crippen LogP) is 3.51. The second kappa shape index (κ2) is 9.24. The van der Waals surface area contributed by atoms with Crippen LogP contribution in [0.4, 0.5) is 24.5 Å². The molecule has 0 spiro atoms. The lowest BCUT2D eigenvalue weighted by atomic mass is 10.1. The van der Waals surface area contributed by atoms with Gasteiger partial charge in [0, 0.05) is 30.4 Å². The van der Waals surface area contributed by atoms with Gasteiger partial charge < -0.3 is 16.0 Å². The number of hydrogen-bond acceptors (Lipinski definition) is 5. The Morgan fingerprint density at radius 1 is 1.03 bits per heavy atom. The predicted molar refractivity (Wildman–Crippen MR) is 124 cm³/mol. The van der Waals surface area contributed by atoms with E-state index < -0.39 is 34.7 Å². The average Bonchev–Trinajstić information content (AvgIpc) is 3.33. The highest BCUT2D eigenvalue weighted by atomic mass is 19.4. The molecule has 0 radical (unpaired) electrons. The lowest BCUT2D eigenvalue weighted by molar-refractivity contribution is -0.137. The number of carbonyl (C=O) groups excluding carboxylic acids is 2. The van der Waals surface area contributed by atoms with E-state index in [1.807, 2.05) is 4.90 Å². The van der Waals surface area contributed by atoms with Gasteiger partial charge in [0.2, 0.25) is 11.3 Å². The van der Waals surface area contributed by atoms with Gasteiger partial charge in [0.15, 0.2) is 5.69 Å². The van der Waals surface area contributed by atoms with Crippen molar-refractivity contribution in [2.75, 3.05) is 23.3 Å². The van der Waals surface area contributed by atoms with Crippen LogP contribution in [0.25, 0.3) is 5.69 Å². The number of amides is 2. The third-order valence-corrected chi connectivity index (χ3v) is 5.74. The maximum Gasteiger partial charge on any atom is 0.418 e. The van der Waals surface area contributed by atoms with Crippen molar-refractivity contribution in [2.45, 2.75) is 25.9 Å². The Balaban J connectivity index is 1.77. The first-order valence-corrected chi connectivity index (χ1v) is 10.8. The van der Waals surface area contributed by atoms with Gasteiger partial charge in [-0.3, -0.25) is 14.4 Å². The van der Waals surface area contributed by atoms with E-state index in [-0.39, 0.29) is 22.6 Å². The van der Waals surface area contributed by atoms with Crippen molar-refractivity contribution >= 4 is 23.2 Å². The molecule has 2 heterocycles. The van der Waals surface area contributed by atoms with E-state index in [1.165, 1.54) is 37.3 Å². The maximum absolute atomic E-state index is 13.6. The molecular weight excluding hydrogens is 463 g/mol. The first-order valence-electron chi connectivity index (χ1n) is 10.8. The zero-order chi connectivity index (χ0) is 25.3. The fourth-order valence-electron chi connectivity index (χ4n) is 4.05. The van der Waals surface area contributed by atoms with Crippen molar-refractivity contribution in [3.05, 3.63) is 81.3 Å². The molecule has 0 unspecified atom stereocenters. The summed E-state index contributed by atoms with van der Waals surface area (Å²) in [6, 6.07) is 10.4. The van der Waals surface area contributed by atoms with Crippen molar-refractivity contribution in [1.82, 2.24) is 9.78 Å². The van der Waals surface area contributed by atoms with E-state index in [9.17, 15) is 27.6 Å². The standard InChI is InChI=1S/C24H22F3N5O3/c1-14-12-20(33)21(30-32(14)18-7-3-2-6-16(18)24(25,26)27)23(35)29-17-13-15(22(28)34)8-9-19(17)31-10-4-5-11-31/h2-3,6-9,12-13H,4-5,10-11H2,1H3,(H2,28,34)(H,29,35). The average molecular weight is 485 g/mol. The van der Waals surface area contributed by atoms with Crippen LogP contribution in [0.15, 0.2) is 53.3 Å². The summed E-state index contributed by atoms with van der Waals surface area (Å²) in [5, 5.41) is 6.58. The third-order valence-electron chi connectivity index (χ3n) is 5.74. The molecule has 3 N–H and O–H groups in total. The number of primary amides is 1. The Kier molecular flexibility index (Phi) is 6.33. The Bertz CT molecular complexity index is 1360. The number of alkyl halides is 3. The number of carbonyl (C=O) groups is 2. The van der Waals surface area contributed by atoms with Crippen molar-refractivity contribution in [1.29, 1.82) is 0 Å². The van der Waals surface area contributed by atoms with Gasteiger partial charge >= 0.3 is 6.18 Å². The van der Waals surface area contributed by atoms with Crippen LogP contribution in [0.5, 0.6) is 0 Å². The van der Waals surface area contributed by atoms with Crippen molar-refractivity contribution < 1.29 is 22.8 Å². The maximum atomic E-state index is 13.6. The van der Waals surface area contributed by atoms with Gasteiger partial charge in [-0.25, -0.2) is 4.68 Å². The van der Waals surface area contributed by atoms with Gasteiger partial charge in [0.1, 0.15) is 0 Å². The van der Waals surface area contributed by atoms with E-state index >= 15 is 0 Å². The number of nitrogens with one attached hydrogen (secondary N) is 1. The molecule has 0 saturated carbocycles. The molecule has 0 aliphatic carbocycles. The van der Waals surface area contributed by atoms with Crippen LogP contribution in [0.3, 0.4) is 0 Å². The number of anilines is 2. The fourth-order valence-corrected chi connectivity index (χ4v) is 4.05. The summed E-state index contributed by atoms with van der Waals surface area (Å²) in [7, 11) is 0. The van der Waals surface area contributed by atoms with E-state index in [0.29, 0.717) is 5.69 Å². The molecule has 0 atom stereocenters. The Morgan fingerprint density at radius 3 is 2.37 bits per heavy atom. The molecule has 2 aromatic carbocycles. The normalized spacial score (nSPS) is 13.7. The Labute approximate surface area is 198 Å². The molecule has 3 aromatic rings. The smallest absolute Gasteiger partial charge is 0.370 e. The molecule has 1 aromatic heterocycles. The SMILES string of the molecule is Cc1cc(=O)c(C(=O)Nc2cc(C(N)=O)ccc2N2CCCC2)nn1-c1ccccc1C(F)(F)F. The summed E-state index contributed by atoms with van der Waals surface area (Å²) in [5.74, 6) is -1.62. The number of nitrogens with zero attached hydrogens (tertiary/aromatic N) is 3. The Hall–Kier alpha value is -4.15.